The minimum absolute atomic E-state index is 0.0747. The fraction of sp³-hybridized carbons (Fsp3) is 0.409. The number of anilines is 1. The summed E-state index contributed by atoms with van der Waals surface area (Å²) >= 11 is 5.92. The van der Waals surface area contributed by atoms with Gasteiger partial charge in [-0.2, -0.15) is 0 Å². The number of hydrogen-bond donors (Lipinski definition) is 0. The number of benzene rings is 1. The van der Waals surface area contributed by atoms with Crippen LogP contribution in [0.1, 0.15) is 38.0 Å². The van der Waals surface area contributed by atoms with Crippen LogP contribution < -0.4 is 4.90 Å². The summed E-state index contributed by atoms with van der Waals surface area (Å²) in [6, 6.07) is 8.73. The molecule has 9 heteroatoms. The second-order valence-electron chi connectivity index (χ2n) is 7.94. The van der Waals surface area contributed by atoms with Gasteiger partial charge in [-0.05, 0) is 55.5 Å². The number of ether oxygens (including phenoxy) is 1. The van der Waals surface area contributed by atoms with Crippen LogP contribution in [0.3, 0.4) is 0 Å². The van der Waals surface area contributed by atoms with Crippen molar-refractivity contribution in [1.29, 1.82) is 0 Å². The molecule has 1 saturated carbocycles. The van der Waals surface area contributed by atoms with E-state index in [1.54, 1.807) is 42.7 Å². The highest BCUT2D eigenvalue weighted by atomic mass is 35.5. The first kappa shape index (κ1) is 19.9. The Hall–Kier alpha value is -3.00. The molecule has 0 radical (unpaired) electrons. The molecule has 2 aromatic heterocycles. The third-order valence-electron chi connectivity index (χ3n) is 6.04. The molecule has 0 unspecified atom stereocenters. The molecule has 3 heterocycles. The van der Waals surface area contributed by atoms with Gasteiger partial charge < -0.3 is 14.1 Å². The Morgan fingerprint density at radius 2 is 1.90 bits per heavy atom. The van der Waals surface area contributed by atoms with E-state index in [9.17, 15) is 4.79 Å². The van der Waals surface area contributed by atoms with Gasteiger partial charge >= 0.3 is 5.97 Å². The zero-order chi connectivity index (χ0) is 21.2. The van der Waals surface area contributed by atoms with Gasteiger partial charge in [0.1, 0.15) is 6.04 Å². The van der Waals surface area contributed by atoms with Crippen LogP contribution >= 0.6 is 11.6 Å². The van der Waals surface area contributed by atoms with Crippen LogP contribution in [0, 0.1) is 5.92 Å². The average molecular weight is 440 g/mol. The van der Waals surface area contributed by atoms with Crippen LogP contribution in [0.5, 0.6) is 0 Å². The summed E-state index contributed by atoms with van der Waals surface area (Å²) in [6.45, 7) is -0.0747. The minimum atomic E-state index is -0.408. The maximum atomic E-state index is 13.0. The summed E-state index contributed by atoms with van der Waals surface area (Å²) in [5.74, 6) is 1.33. The number of fused-ring (bicyclic) bond motifs is 1. The van der Waals surface area contributed by atoms with Gasteiger partial charge in [0.25, 0.3) is 5.89 Å². The Kier molecular flexibility index (Phi) is 5.55. The molecule has 1 aliphatic heterocycles. The van der Waals surface area contributed by atoms with Crippen LogP contribution in [0.15, 0.2) is 47.1 Å². The maximum absolute atomic E-state index is 13.0. The second kappa shape index (κ2) is 8.63. The lowest BCUT2D eigenvalue weighted by molar-refractivity contribution is -0.147. The highest BCUT2D eigenvalue weighted by Crippen LogP contribution is 2.41. The monoisotopic (exact) mass is 439 g/mol. The Labute approximate surface area is 184 Å². The predicted octanol–water partition coefficient (Wildman–Crippen LogP) is 4.06. The molecule has 5 rings (SSSR count). The van der Waals surface area contributed by atoms with Crippen LogP contribution in [0.2, 0.25) is 5.02 Å². The van der Waals surface area contributed by atoms with Crippen molar-refractivity contribution in [2.24, 2.45) is 5.92 Å². The van der Waals surface area contributed by atoms with Crippen molar-refractivity contribution in [3.63, 3.8) is 0 Å². The summed E-state index contributed by atoms with van der Waals surface area (Å²) in [4.78, 5) is 23.9. The summed E-state index contributed by atoms with van der Waals surface area (Å²) in [7, 11) is 0. The number of nitrogens with zero attached hydrogens (tertiary/aromatic N) is 5. The molecule has 2 aliphatic rings. The molecule has 8 nitrogen and oxygen atoms in total. The van der Waals surface area contributed by atoms with Crippen LogP contribution in [0.4, 0.5) is 5.95 Å². The Balaban J connectivity index is 1.29. The van der Waals surface area contributed by atoms with Crippen molar-refractivity contribution in [2.45, 2.75) is 50.8 Å². The number of rotatable bonds is 5. The van der Waals surface area contributed by atoms with E-state index in [-0.39, 0.29) is 24.5 Å². The zero-order valence-corrected chi connectivity index (χ0v) is 17.6. The highest BCUT2D eigenvalue weighted by Gasteiger charge is 2.47. The third kappa shape index (κ3) is 4.12. The number of carbonyl (C=O) groups is 1. The fourth-order valence-electron chi connectivity index (χ4n) is 4.63. The lowest BCUT2D eigenvalue weighted by atomic mass is 9.85. The molecule has 0 spiro atoms. The number of halogens is 1. The van der Waals surface area contributed by atoms with E-state index in [4.69, 9.17) is 20.8 Å². The first-order valence-corrected chi connectivity index (χ1v) is 10.9. The molecule has 0 amide bonds. The minimum Gasteiger partial charge on any atom is -0.454 e. The standard InChI is InChI=1S/C22H22ClN5O3/c23-16-8-6-14(7-9-16)20-27-26-19(31-20)13-30-21(29)18-12-15-4-1-2-5-17(15)28(18)22-24-10-3-11-25-22/h3,6-11,15,17-18H,1-2,4-5,12-13H2/t15-,17+,18-/m0/s1. The highest BCUT2D eigenvalue weighted by molar-refractivity contribution is 6.30. The van der Waals surface area contributed by atoms with Crippen LogP contribution in [-0.2, 0) is 16.1 Å². The van der Waals surface area contributed by atoms with Gasteiger partial charge in [-0.3, -0.25) is 0 Å². The molecule has 31 heavy (non-hydrogen) atoms. The summed E-state index contributed by atoms with van der Waals surface area (Å²) in [6.07, 6.45) is 8.67. The normalized spacial score (nSPS) is 22.9. The van der Waals surface area contributed by atoms with Crippen molar-refractivity contribution >= 4 is 23.5 Å². The van der Waals surface area contributed by atoms with E-state index in [0.717, 1.165) is 31.2 Å². The zero-order valence-electron chi connectivity index (χ0n) is 16.9. The maximum Gasteiger partial charge on any atom is 0.329 e. The van der Waals surface area contributed by atoms with E-state index in [1.807, 2.05) is 0 Å². The van der Waals surface area contributed by atoms with Gasteiger partial charge in [-0.25, -0.2) is 14.8 Å². The van der Waals surface area contributed by atoms with Crippen molar-refractivity contribution in [3.05, 3.63) is 53.6 Å². The Bertz CT molecular complexity index is 1040. The second-order valence-corrected chi connectivity index (χ2v) is 8.37. The molecule has 0 bridgehead atoms. The fourth-order valence-corrected chi connectivity index (χ4v) is 4.76. The summed E-state index contributed by atoms with van der Waals surface area (Å²) < 4.78 is 11.2. The number of carbonyl (C=O) groups excluding carboxylic acids is 1. The predicted molar refractivity (Wildman–Crippen MR) is 113 cm³/mol. The van der Waals surface area contributed by atoms with Crippen molar-refractivity contribution in [3.8, 4) is 11.5 Å². The third-order valence-corrected chi connectivity index (χ3v) is 6.29. The molecule has 160 valence electrons. The number of esters is 1. The molecular weight excluding hydrogens is 418 g/mol. The topological polar surface area (TPSA) is 94.2 Å². The first-order chi connectivity index (χ1) is 15.2. The lowest BCUT2D eigenvalue weighted by Crippen LogP contribution is -2.44. The quantitative estimate of drug-likeness (QED) is 0.549. The van der Waals surface area contributed by atoms with E-state index < -0.39 is 6.04 Å². The van der Waals surface area contributed by atoms with Crippen molar-refractivity contribution < 1.29 is 13.9 Å². The molecule has 0 N–H and O–H groups in total. The average Bonchev–Trinajstić information content (AvgIpc) is 3.43. The molecular formula is C22H22ClN5O3. The molecule has 1 aromatic carbocycles. The summed E-state index contributed by atoms with van der Waals surface area (Å²) in [5, 5.41) is 8.66. The van der Waals surface area contributed by atoms with E-state index >= 15 is 0 Å². The smallest absolute Gasteiger partial charge is 0.329 e. The van der Waals surface area contributed by atoms with E-state index in [1.165, 1.54) is 6.42 Å². The molecule has 1 aliphatic carbocycles. The van der Waals surface area contributed by atoms with Gasteiger partial charge in [-0.1, -0.05) is 24.4 Å². The SMILES string of the molecule is O=C(OCc1nnc(-c2ccc(Cl)cc2)o1)[C@@H]1C[C@@H]2CCCC[C@H]2N1c1ncccn1. The molecule has 3 aromatic rings. The van der Waals surface area contributed by atoms with Gasteiger partial charge in [0.15, 0.2) is 6.61 Å². The van der Waals surface area contributed by atoms with Crippen LogP contribution in [-0.4, -0.2) is 38.2 Å². The molecule has 2 fully saturated rings. The van der Waals surface area contributed by atoms with Gasteiger partial charge in [0, 0.05) is 29.0 Å². The Morgan fingerprint density at radius 1 is 1.13 bits per heavy atom. The van der Waals surface area contributed by atoms with Gasteiger partial charge in [0.2, 0.25) is 11.8 Å². The largest absolute Gasteiger partial charge is 0.454 e. The number of hydrogen-bond acceptors (Lipinski definition) is 8. The van der Waals surface area contributed by atoms with Crippen molar-refractivity contribution in [2.75, 3.05) is 4.90 Å². The number of aromatic nitrogens is 4. The lowest BCUT2D eigenvalue weighted by Gasteiger charge is -2.33. The molecule has 3 atom stereocenters. The van der Waals surface area contributed by atoms with E-state index in [2.05, 4.69) is 25.1 Å². The first-order valence-electron chi connectivity index (χ1n) is 10.5. The van der Waals surface area contributed by atoms with Crippen molar-refractivity contribution in [1.82, 2.24) is 20.2 Å². The molecule has 1 saturated heterocycles. The Morgan fingerprint density at radius 3 is 2.71 bits per heavy atom. The van der Waals surface area contributed by atoms with Gasteiger partial charge in [-0.15, -0.1) is 10.2 Å². The summed E-state index contributed by atoms with van der Waals surface area (Å²) in [5.41, 5.74) is 0.752. The van der Waals surface area contributed by atoms with Crippen LogP contribution in [0.25, 0.3) is 11.5 Å². The van der Waals surface area contributed by atoms with E-state index in [0.29, 0.717) is 22.8 Å². The van der Waals surface area contributed by atoms with Gasteiger partial charge in [0.05, 0.1) is 0 Å².